The summed E-state index contributed by atoms with van der Waals surface area (Å²) in [5.74, 6) is 1.93. The molecule has 94 valence electrons. The van der Waals surface area contributed by atoms with Crippen molar-refractivity contribution in [2.75, 3.05) is 0 Å². The van der Waals surface area contributed by atoms with Crippen LogP contribution in [-0.2, 0) is 19.5 Å². The van der Waals surface area contributed by atoms with Gasteiger partial charge in [-0.1, -0.05) is 37.3 Å². The first-order valence-corrected chi connectivity index (χ1v) is 6.63. The molecule has 0 amide bonds. The van der Waals surface area contributed by atoms with Crippen molar-refractivity contribution in [2.24, 2.45) is 11.7 Å². The topological polar surface area (TPSA) is 43.8 Å². The number of imidazole rings is 1. The minimum absolute atomic E-state index is 0.561. The van der Waals surface area contributed by atoms with Crippen molar-refractivity contribution in [3.05, 3.63) is 41.9 Å². The Bertz CT molecular complexity index is 542. The second-order valence-electron chi connectivity index (χ2n) is 5.14. The summed E-state index contributed by atoms with van der Waals surface area (Å²) < 4.78 is 2.32. The van der Waals surface area contributed by atoms with Gasteiger partial charge >= 0.3 is 0 Å². The molecule has 2 heterocycles. The maximum Gasteiger partial charge on any atom is 0.109 e. The molecule has 1 aromatic carbocycles. The SMILES string of the molecule is CC1CCn2c(nc(-c3ccccc3)c2CN)C1. The van der Waals surface area contributed by atoms with Crippen LogP contribution in [0, 0.1) is 5.92 Å². The number of nitrogens with two attached hydrogens (primary N) is 1. The van der Waals surface area contributed by atoms with Gasteiger partial charge in [0.1, 0.15) is 5.82 Å². The summed E-state index contributed by atoms with van der Waals surface area (Å²) in [6.45, 7) is 3.91. The third kappa shape index (κ3) is 1.85. The Morgan fingerprint density at radius 3 is 2.83 bits per heavy atom. The van der Waals surface area contributed by atoms with Crippen LogP contribution in [0.25, 0.3) is 11.3 Å². The summed E-state index contributed by atoms with van der Waals surface area (Å²) in [6, 6.07) is 10.4. The minimum atomic E-state index is 0.561. The van der Waals surface area contributed by atoms with Gasteiger partial charge in [-0.3, -0.25) is 0 Å². The lowest BCUT2D eigenvalue weighted by atomic mass is 10.0. The summed E-state index contributed by atoms with van der Waals surface area (Å²) in [4.78, 5) is 4.83. The van der Waals surface area contributed by atoms with Crippen LogP contribution in [0.2, 0.25) is 0 Å². The third-order valence-corrected chi connectivity index (χ3v) is 3.77. The summed E-state index contributed by atoms with van der Waals surface area (Å²) in [7, 11) is 0. The highest BCUT2D eigenvalue weighted by atomic mass is 15.1. The van der Waals surface area contributed by atoms with Gasteiger partial charge in [-0.25, -0.2) is 4.98 Å². The van der Waals surface area contributed by atoms with E-state index in [0.29, 0.717) is 6.54 Å². The first-order valence-electron chi connectivity index (χ1n) is 6.63. The number of aromatic nitrogens is 2. The largest absolute Gasteiger partial charge is 0.330 e. The molecule has 3 rings (SSSR count). The normalized spacial score (nSPS) is 18.7. The van der Waals surface area contributed by atoms with Gasteiger partial charge in [-0.2, -0.15) is 0 Å². The predicted molar refractivity (Wildman–Crippen MR) is 73.0 cm³/mol. The van der Waals surface area contributed by atoms with Crippen molar-refractivity contribution >= 4 is 0 Å². The molecular formula is C15H19N3. The summed E-state index contributed by atoms with van der Waals surface area (Å²) in [5.41, 5.74) is 9.36. The molecule has 0 bridgehead atoms. The van der Waals surface area contributed by atoms with Crippen LogP contribution in [0.3, 0.4) is 0 Å². The van der Waals surface area contributed by atoms with Crippen molar-refractivity contribution in [1.82, 2.24) is 9.55 Å². The molecule has 1 unspecified atom stereocenters. The lowest BCUT2D eigenvalue weighted by Gasteiger charge is -2.21. The van der Waals surface area contributed by atoms with E-state index >= 15 is 0 Å². The third-order valence-electron chi connectivity index (χ3n) is 3.77. The molecule has 3 heteroatoms. The van der Waals surface area contributed by atoms with Crippen LogP contribution in [0.5, 0.6) is 0 Å². The smallest absolute Gasteiger partial charge is 0.109 e. The Hall–Kier alpha value is -1.61. The second-order valence-corrected chi connectivity index (χ2v) is 5.14. The van der Waals surface area contributed by atoms with Gasteiger partial charge in [0.2, 0.25) is 0 Å². The quantitative estimate of drug-likeness (QED) is 0.878. The molecule has 18 heavy (non-hydrogen) atoms. The molecule has 1 aromatic heterocycles. The van der Waals surface area contributed by atoms with E-state index in [1.54, 1.807) is 0 Å². The maximum atomic E-state index is 5.93. The fraction of sp³-hybridized carbons (Fsp3) is 0.400. The lowest BCUT2D eigenvalue weighted by molar-refractivity contribution is 0.403. The molecule has 0 radical (unpaired) electrons. The molecule has 1 atom stereocenters. The van der Waals surface area contributed by atoms with Gasteiger partial charge in [-0.15, -0.1) is 0 Å². The van der Waals surface area contributed by atoms with Crippen molar-refractivity contribution in [3.63, 3.8) is 0 Å². The van der Waals surface area contributed by atoms with Crippen LogP contribution in [0.15, 0.2) is 30.3 Å². The minimum Gasteiger partial charge on any atom is -0.330 e. The molecule has 2 aromatic rings. The summed E-state index contributed by atoms with van der Waals surface area (Å²) >= 11 is 0. The van der Waals surface area contributed by atoms with Gasteiger partial charge in [0.05, 0.1) is 11.4 Å². The Morgan fingerprint density at radius 2 is 2.11 bits per heavy atom. The van der Waals surface area contributed by atoms with Gasteiger partial charge in [0.15, 0.2) is 0 Å². The molecule has 0 fully saturated rings. The monoisotopic (exact) mass is 241 g/mol. The number of nitrogens with zero attached hydrogens (tertiary/aromatic N) is 2. The Balaban J connectivity index is 2.11. The molecule has 0 aliphatic carbocycles. The molecule has 0 saturated heterocycles. The van der Waals surface area contributed by atoms with E-state index in [1.807, 2.05) is 6.07 Å². The van der Waals surface area contributed by atoms with Crippen LogP contribution in [-0.4, -0.2) is 9.55 Å². The van der Waals surface area contributed by atoms with Gasteiger partial charge in [-0.05, 0) is 12.3 Å². The van der Waals surface area contributed by atoms with Crippen LogP contribution < -0.4 is 5.73 Å². The Morgan fingerprint density at radius 1 is 1.33 bits per heavy atom. The molecular weight excluding hydrogens is 222 g/mol. The molecule has 0 saturated carbocycles. The lowest BCUT2D eigenvalue weighted by Crippen LogP contribution is -2.20. The van der Waals surface area contributed by atoms with Crippen LogP contribution >= 0.6 is 0 Å². The number of fused-ring (bicyclic) bond motifs is 1. The highest BCUT2D eigenvalue weighted by Crippen LogP contribution is 2.28. The summed E-state index contributed by atoms with van der Waals surface area (Å²) in [5, 5.41) is 0. The fourth-order valence-corrected chi connectivity index (χ4v) is 2.75. The van der Waals surface area contributed by atoms with Crippen molar-refractivity contribution in [3.8, 4) is 11.3 Å². The van der Waals surface area contributed by atoms with E-state index in [9.17, 15) is 0 Å². The number of hydrogen-bond acceptors (Lipinski definition) is 2. The zero-order valence-corrected chi connectivity index (χ0v) is 10.8. The van der Waals surface area contributed by atoms with Crippen molar-refractivity contribution in [2.45, 2.75) is 32.9 Å². The fourth-order valence-electron chi connectivity index (χ4n) is 2.75. The molecule has 3 nitrogen and oxygen atoms in total. The van der Waals surface area contributed by atoms with Crippen molar-refractivity contribution in [1.29, 1.82) is 0 Å². The zero-order chi connectivity index (χ0) is 12.5. The second kappa shape index (κ2) is 4.58. The van der Waals surface area contributed by atoms with Gasteiger partial charge in [0.25, 0.3) is 0 Å². The van der Waals surface area contributed by atoms with E-state index in [-0.39, 0.29) is 0 Å². The Kier molecular flexibility index (Phi) is 2.92. The van der Waals surface area contributed by atoms with E-state index in [0.717, 1.165) is 24.6 Å². The standard InChI is InChI=1S/C15H19N3/c1-11-7-8-18-13(10-16)15(17-14(18)9-11)12-5-3-2-4-6-12/h2-6,11H,7-10,16H2,1H3. The van der Waals surface area contributed by atoms with Gasteiger partial charge < -0.3 is 10.3 Å². The average Bonchev–Trinajstić information content (AvgIpc) is 2.77. The molecule has 2 N–H and O–H groups in total. The van der Waals surface area contributed by atoms with Crippen LogP contribution in [0.4, 0.5) is 0 Å². The maximum absolute atomic E-state index is 5.93. The number of hydrogen-bond donors (Lipinski definition) is 1. The van der Waals surface area contributed by atoms with Crippen LogP contribution in [0.1, 0.15) is 24.9 Å². The average molecular weight is 241 g/mol. The highest BCUT2D eigenvalue weighted by molar-refractivity contribution is 5.62. The van der Waals surface area contributed by atoms with E-state index < -0.39 is 0 Å². The zero-order valence-electron chi connectivity index (χ0n) is 10.8. The van der Waals surface area contributed by atoms with E-state index in [2.05, 4.69) is 35.8 Å². The van der Waals surface area contributed by atoms with E-state index in [1.165, 1.54) is 23.5 Å². The first-order chi connectivity index (χ1) is 8.79. The number of rotatable bonds is 2. The van der Waals surface area contributed by atoms with Gasteiger partial charge in [0, 0.05) is 25.1 Å². The molecule has 0 spiro atoms. The molecule has 1 aliphatic heterocycles. The first kappa shape index (κ1) is 11.5. The summed E-state index contributed by atoms with van der Waals surface area (Å²) in [6.07, 6.45) is 2.30. The predicted octanol–water partition coefficient (Wildman–Crippen LogP) is 2.59. The van der Waals surface area contributed by atoms with Crippen molar-refractivity contribution < 1.29 is 0 Å². The Labute approximate surface area is 108 Å². The highest BCUT2D eigenvalue weighted by Gasteiger charge is 2.22. The number of benzene rings is 1. The van der Waals surface area contributed by atoms with E-state index in [4.69, 9.17) is 10.7 Å². The molecule has 1 aliphatic rings.